The van der Waals surface area contributed by atoms with Crippen LogP contribution >= 0.6 is 0 Å². The second kappa shape index (κ2) is 5.95. The molecule has 5 heteroatoms. The van der Waals surface area contributed by atoms with Crippen molar-refractivity contribution in [2.45, 2.75) is 44.6 Å². The van der Waals surface area contributed by atoms with Gasteiger partial charge in [-0.2, -0.15) is 0 Å². The third-order valence-corrected chi connectivity index (χ3v) is 4.10. The zero-order valence-corrected chi connectivity index (χ0v) is 11.7. The van der Waals surface area contributed by atoms with Gasteiger partial charge in [-0.3, -0.25) is 0 Å². The van der Waals surface area contributed by atoms with Gasteiger partial charge in [0.2, 0.25) is 0 Å². The molecule has 0 spiro atoms. The topological polar surface area (TPSA) is 58.3 Å². The summed E-state index contributed by atoms with van der Waals surface area (Å²) in [4.78, 5) is 0. The van der Waals surface area contributed by atoms with Gasteiger partial charge < -0.3 is 16.2 Å². The Balaban J connectivity index is 2.27. The van der Waals surface area contributed by atoms with Crippen molar-refractivity contribution in [2.75, 3.05) is 17.7 Å². The summed E-state index contributed by atoms with van der Waals surface area (Å²) in [5, 5.41) is 12.9. The highest BCUT2D eigenvalue weighted by Crippen LogP contribution is 2.37. The van der Waals surface area contributed by atoms with Crippen molar-refractivity contribution in [3.05, 3.63) is 23.8 Å². The number of hydrogen-bond acceptors (Lipinski definition) is 3. The van der Waals surface area contributed by atoms with E-state index in [1.54, 1.807) is 12.1 Å². The first kappa shape index (κ1) is 15.0. The first-order chi connectivity index (χ1) is 9.46. The van der Waals surface area contributed by atoms with Gasteiger partial charge in [-0.1, -0.05) is 19.8 Å². The summed E-state index contributed by atoms with van der Waals surface area (Å²) in [7, 11) is 0. The molecule has 1 aromatic carbocycles. The zero-order chi connectivity index (χ0) is 14.8. The fourth-order valence-corrected chi connectivity index (χ4v) is 3.12. The maximum atomic E-state index is 13.1. The van der Waals surface area contributed by atoms with Crippen LogP contribution < -0.4 is 11.1 Å². The van der Waals surface area contributed by atoms with Crippen LogP contribution in [-0.2, 0) is 0 Å². The summed E-state index contributed by atoms with van der Waals surface area (Å²) in [6, 6.07) is 4.48. The zero-order valence-electron chi connectivity index (χ0n) is 11.7. The molecular weight excluding hydrogens is 262 g/mol. The minimum absolute atomic E-state index is 0.0512. The number of hydrogen-bond donors (Lipinski definition) is 3. The van der Waals surface area contributed by atoms with Crippen molar-refractivity contribution in [1.29, 1.82) is 0 Å². The standard InChI is InChI=1S/C15H22F2N2O/c1-10-3-2-6-15(8-10,9-20)19-13-5-4-11(18)7-12(13)14(16)17/h4-5,7,10,14,19-20H,2-3,6,8-9,18H2,1H3. The van der Waals surface area contributed by atoms with Crippen LogP contribution in [0.4, 0.5) is 20.2 Å². The van der Waals surface area contributed by atoms with Crippen LogP contribution in [0.3, 0.4) is 0 Å². The lowest BCUT2D eigenvalue weighted by molar-refractivity contribution is 0.144. The second-order valence-corrected chi connectivity index (χ2v) is 5.91. The molecule has 1 fully saturated rings. The maximum absolute atomic E-state index is 13.1. The molecule has 2 atom stereocenters. The smallest absolute Gasteiger partial charge is 0.265 e. The highest BCUT2D eigenvalue weighted by atomic mass is 19.3. The Hall–Kier alpha value is -1.36. The molecule has 0 bridgehead atoms. The molecule has 1 aliphatic carbocycles. The first-order valence-corrected chi connectivity index (χ1v) is 7.02. The van der Waals surface area contributed by atoms with Crippen molar-refractivity contribution in [1.82, 2.24) is 0 Å². The summed E-state index contributed by atoms with van der Waals surface area (Å²) >= 11 is 0. The van der Waals surface area contributed by atoms with Gasteiger partial charge in [-0.25, -0.2) is 8.78 Å². The third kappa shape index (κ3) is 3.20. The van der Waals surface area contributed by atoms with E-state index >= 15 is 0 Å². The predicted octanol–water partition coefficient (Wildman–Crippen LogP) is 3.56. The molecule has 4 N–H and O–H groups in total. The normalized spacial score (nSPS) is 26.8. The molecule has 0 amide bonds. The molecule has 0 saturated heterocycles. The third-order valence-electron chi connectivity index (χ3n) is 4.10. The summed E-state index contributed by atoms with van der Waals surface area (Å²) in [6.45, 7) is 2.08. The largest absolute Gasteiger partial charge is 0.399 e. The SMILES string of the molecule is CC1CCCC(CO)(Nc2ccc(N)cc2C(F)F)C1. The lowest BCUT2D eigenvalue weighted by Gasteiger charge is -2.40. The number of aliphatic hydroxyl groups excluding tert-OH is 1. The Morgan fingerprint density at radius 2 is 2.25 bits per heavy atom. The van der Waals surface area contributed by atoms with E-state index in [2.05, 4.69) is 12.2 Å². The van der Waals surface area contributed by atoms with E-state index in [0.717, 1.165) is 25.7 Å². The van der Waals surface area contributed by atoms with Gasteiger partial charge in [-0.15, -0.1) is 0 Å². The number of halogens is 2. The van der Waals surface area contributed by atoms with Crippen molar-refractivity contribution in [3.63, 3.8) is 0 Å². The van der Waals surface area contributed by atoms with E-state index in [1.807, 2.05) is 0 Å². The molecular formula is C15H22F2N2O. The van der Waals surface area contributed by atoms with Crippen LogP contribution in [0, 0.1) is 5.92 Å². The van der Waals surface area contributed by atoms with Crippen LogP contribution in [0.25, 0.3) is 0 Å². The van der Waals surface area contributed by atoms with E-state index in [4.69, 9.17) is 5.73 Å². The molecule has 1 aliphatic rings. The number of nitrogens with one attached hydrogen (secondary N) is 1. The Labute approximate surface area is 118 Å². The molecule has 112 valence electrons. The fraction of sp³-hybridized carbons (Fsp3) is 0.600. The van der Waals surface area contributed by atoms with Gasteiger partial charge in [-0.05, 0) is 37.0 Å². The van der Waals surface area contributed by atoms with E-state index in [9.17, 15) is 13.9 Å². The van der Waals surface area contributed by atoms with Crippen molar-refractivity contribution < 1.29 is 13.9 Å². The van der Waals surface area contributed by atoms with Crippen LogP contribution in [-0.4, -0.2) is 17.3 Å². The monoisotopic (exact) mass is 284 g/mol. The van der Waals surface area contributed by atoms with E-state index in [-0.39, 0.29) is 12.2 Å². The molecule has 1 saturated carbocycles. The molecule has 0 aliphatic heterocycles. The number of rotatable bonds is 4. The molecule has 3 nitrogen and oxygen atoms in total. The number of anilines is 2. The summed E-state index contributed by atoms with van der Waals surface area (Å²) in [6.07, 6.45) is 1.11. The molecule has 1 aromatic rings. The lowest BCUT2D eigenvalue weighted by atomic mass is 9.76. The summed E-state index contributed by atoms with van der Waals surface area (Å²) in [5.41, 5.74) is 5.66. The van der Waals surface area contributed by atoms with E-state index < -0.39 is 12.0 Å². The Morgan fingerprint density at radius 3 is 2.85 bits per heavy atom. The highest BCUT2D eigenvalue weighted by Gasteiger charge is 2.35. The highest BCUT2D eigenvalue weighted by molar-refractivity contribution is 5.59. The first-order valence-electron chi connectivity index (χ1n) is 7.02. The van der Waals surface area contributed by atoms with E-state index in [0.29, 0.717) is 17.3 Å². The number of alkyl halides is 2. The lowest BCUT2D eigenvalue weighted by Crippen LogP contribution is -2.46. The number of nitrogens with two attached hydrogens (primary N) is 1. The van der Waals surface area contributed by atoms with Crippen LogP contribution in [0.15, 0.2) is 18.2 Å². The maximum Gasteiger partial charge on any atom is 0.265 e. The molecule has 2 rings (SSSR count). The van der Waals surface area contributed by atoms with E-state index in [1.165, 1.54) is 6.07 Å². The Bertz CT molecular complexity index is 467. The van der Waals surface area contributed by atoms with Crippen LogP contribution in [0.5, 0.6) is 0 Å². The minimum atomic E-state index is -2.59. The van der Waals surface area contributed by atoms with Gasteiger partial charge in [0.05, 0.1) is 12.1 Å². The van der Waals surface area contributed by atoms with Crippen LogP contribution in [0.2, 0.25) is 0 Å². The molecule has 2 unspecified atom stereocenters. The Morgan fingerprint density at radius 1 is 1.50 bits per heavy atom. The second-order valence-electron chi connectivity index (χ2n) is 5.91. The fourth-order valence-electron chi connectivity index (χ4n) is 3.12. The number of benzene rings is 1. The minimum Gasteiger partial charge on any atom is -0.399 e. The summed E-state index contributed by atoms with van der Waals surface area (Å²) in [5.74, 6) is 0.479. The molecule has 0 aromatic heterocycles. The average molecular weight is 284 g/mol. The van der Waals surface area contributed by atoms with Crippen molar-refractivity contribution in [3.8, 4) is 0 Å². The van der Waals surface area contributed by atoms with Gasteiger partial charge >= 0.3 is 0 Å². The summed E-state index contributed by atoms with van der Waals surface area (Å²) < 4.78 is 26.2. The molecule has 0 radical (unpaired) electrons. The van der Waals surface area contributed by atoms with Gasteiger partial charge in [0.25, 0.3) is 6.43 Å². The van der Waals surface area contributed by atoms with Crippen molar-refractivity contribution >= 4 is 11.4 Å². The quantitative estimate of drug-likeness (QED) is 0.741. The molecule has 20 heavy (non-hydrogen) atoms. The van der Waals surface area contributed by atoms with Gasteiger partial charge in [0.1, 0.15) is 0 Å². The number of nitrogen functional groups attached to an aromatic ring is 1. The van der Waals surface area contributed by atoms with Crippen LogP contribution in [0.1, 0.15) is 44.6 Å². The Kier molecular flexibility index (Phi) is 4.48. The van der Waals surface area contributed by atoms with Gasteiger partial charge in [0, 0.05) is 16.9 Å². The molecule has 0 heterocycles. The average Bonchev–Trinajstić information content (AvgIpc) is 2.40. The number of aliphatic hydroxyl groups is 1. The van der Waals surface area contributed by atoms with Gasteiger partial charge in [0.15, 0.2) is 0 Å². The predicted molar refractivity (Wildman–Crippen MR) is 76.9 cm³/mol. The van der Waals surface area contributed by atoms with Crippen molar-refractivity contribution in [2.24, 2.45) is 5.92 Å².